The molecule has 0 bridgehead atoms. The van der Waals surface area contributed by atoms with Crippen molar-refractivity contribution in [2.45, 2.75) is 90.3 Å². The Kier molecular flexibility index (Phi) is 6.60. The van der Waals surface area contributed by atoms with E-state index in [1.807, 2.05) is 6.20 Å². The Morgan fingerprint density at radius 3 is 2.42 bits per heavy atom. The van der Waals surface area contributed by atoms with Crippen LogP contribution in [0.2, 0.25) is 0 Å². The smallest absolute Gasteiger partial charge is 0.296 e. The van der Waals surface area contributed by atoms with Crippen molar-refractivity contribution < 1.29 is 4.57 Å². The van der Waals surface area contributed by atoms with Crippen LogP contribution in [0, 0.1) is 20.8 Å². The first kappa shape index (κ1) is 31.5. The number of hydrogen-bond donors (Lipinski definition) is 0. The highest BCUT2D eigenvalue weighted by Gasteiger charge is 2.58. The van der Waals surface area contributed by atoms with Crippen LogP contribution in [0.15, 0.2) is 97.6 Å². The highest BCUT2D eigenvalue weighted by Crippen LogP contribution is 2.58. The maximum absolute atomic E-state index is 4.76. The van der Waals surface area contributed by atoms with Gasteiger partial charge in [0.25, 0.3) is 5.65 Å². The maximum atomic E-state index is 4.76. The van der Waals surface area contributed by atoms with Gasteiger partial charge in [0, 0.05) is 40.4 Å². The molecule has 3 aromatic heterocycles. The van der Waals surface area contributed by atoms with Crippen LogP contribution in [-0.2, 0) is 11.0 Å². The lowest BCUT2D eigenvalue weighted by atomic mass is 9.59. The molecule has 0 spiro atoms. The summed E-state index contributed by atoms with van der Waals surface area (Å²) in [6.07, 6.45) is 10.6. The number of anilines is 3. The van der Waals surface area contributed by atoms with Gasteiger partial charge in [-0.15, -0.1) is 0 Å². The minimum Gasteiger partial charge on any atom is -0.336 e. The molecule has 6 heterocycles. The molecule has 7 aromatic rings. The second kappa shape index (κ2) is 10.9. The summed E-state index contributed by atoms with van der Waals surface area (Å²) < 4.78 is 5.41. The third-order valence-electron chi connectivity index (χ3n) is 13.8. The van der Waals surface area contributed by atoms with E-state index >= 15 is 0 Å². The van der Waals surface area contributed by atoms with E-state index in [0.29, 0.717) is 5.92 Å². The van der Waals surface area contributed by atoms with Gasteiger partial charge >= 0.3 is 0 Å². The molecule has 0 amide bonds. The highest BCUT2D eigenvalue weighted by atomic mass is 15.5. The van der Waals surface area contributed by atoms with Gasteiger partial charge in [0.1, 0.15) is 35.4 Å². The molecule has 0 aliphatic carbocycles. The van der Waals surface area contributed by atoms with Gasteiger partial charge in [-0.1, -0.05) is 87.0 Å². The van der Waals surface area contributed by atoms with E-state index in [2.05, 4.69) is 157 Å². The standard InChI is InChI=1S/C46H47N6/c1-8-45(6)35-18-13-17-32-34-24-28(3)20-21-37(34)52-39(40-29(4)14-12-15-30(40)5)26-50(44(52)41(32)35)46(45,9-2)23-22-33-31-16-10-11-19-36(31)51-38-25-47-27-48-42(38)49(7)43(33)51/h10-21,24-27,33,43H,8-9,22-23H2,1-7H3/q+1. The third-order valence-corrected chi connectivity index (χ3v) is 13.8. The average Bonchev–Trinajstić information content (AvgIpc) is 3.81. The number of imidazole rings is 1. The van der Waals surface area contributed by atoms with Crippen molar-refractivity contribution in [3.8, 4) is 11.3 Å². The van der Waals surface area contributed by atoms with E-state index in [4.69, 9.17) is 4.98 Å². The van der Waals surface area contributed by atoms with Gasteiger partial charge in [0.15, 0.2) is 11.5 Å². The van der Waals surface area contributed by atoms with Crippen molar-refractivity contribution in [2.24, 2.45) is 0 Å². The molecule has 0 saturated heterocycles. The molecule has 3 aliphatic rings. The summed E-state index contributed by atoms with van der Waals surface area (Å²) in [5.41, 5.74) is 14.2. The van der Waals surface area contributed by atoms with Crippen LogP contribution in [0.25, 0.3) is 38.6 Å². The fourth-order valence-corrected chi connectivity index (χ4v) is 11.2. The van der Waals surface area contributed by atoms with Crippen molar-refractivity contribution in [3.05, 3.63) is 125 Å². The van der Waals surface area contributed by atoms with Gasteiger partial charge in [-0.2, -0.15) is 4.40 Å². The summed E-state index contributed by atoms with van der Waals surface area (Å²) in [7, 11) is 2.22. The van der Waals surface area contributed by atoms with E-state index in [9.17, 15) is 0 Å². The van der Waals surface area contributed by atoms with E-state index in [1.165, 1.54) is 72.1 Å². The topological polar surface area (TPSA) is 40.6 Å². The zero-order valence-electron chi connectivity index (χ0n) is 31.4. The predicted molar refractivity (Wildman–Crippen MR) is 213 cm³/mol. The van der Waals surface area contributed by atoms with Crippen LogP contribution in [0.5, 0.6) is 0 Å². The van der Waals surface area contributed by atoms with Crippen LogP contribution in [0.4, 0.5) is 17.2 Å². The molecule has 4 atom stereocenters. The number of aromatic nitrogens is 4. The van der Waals surface area contributed by atoms with Crippen molar-refractivity contribution in [2.75, 3.05) is 16.8 Å². The molecule has 52 heavy (non-hydrogen) atoms. The number of hydrogen-bond acceptors (Lipinski definition) is 4. The molecular formula is C46H47N6+. The number of benzene rings is 4. The van der Waals surface area contributed by atoms with E-state index in [1.54, 1.807) is 6.33 Å². The first-order valence-electron chi connectivity index (χ1n) is 19.1. The van der Waals surface area contributed by atoms with Gasteiger partial charge < -0.3 is 9.80 Å². The highest BCUT2D eigenvalue weighted by molar-refractivity contribution is 6.13. The number of aryl methyl sites for hydroxylation is 3. The molecule has 3 aliphatic heterocycles. The first-order chi connectivity index (χ1) is 25.2. The molecule has 260 valence electrons. The van der Waals surface area contributed by atoms with Gasteiger partial charge in [-0.05, 0) is 86.9 Å². The summed E-state index contributed by atoms with van der Waals surface area (Å²) in [6.45, 7) is 14.2. The molecule has 0 saturated carbocycles. The van der Waals surface area contributed by atoms with E-state index in [0.717, 1.165) is 37.2 Å². The molecule has 6 nitrogen and oxygen atoms in total. The lowest BCUT2D eigenvalue weighted by Crippen LogP contribution is -2.67. The number of likely N-dealkylation sites (N-methyl/N-ethyl adjacent to an activating group) is 1. The largest absolute Gasteiger partial charge is 0.336 e. The van der Waals surface area contributed by atoms with Gasteiger partial charge in [-0.25, -0.2) is 14.5 Å². The quantitative estimate of drug-likeness (QED) is 0.129. The zero-order chi connectivity index (χ0) is 35.7. The Balaban J connectivity index is 1.24. The van der Waals surface area contributed by atoms with Crippen molar-refractivity contribution in [3.63, 3.8) is 0 Å². The Bertz CT molecular complexity index is 2600. The summed E-state index contributed by atoms with van der Waals surface area (Å²) in [6, 6.07) is 30.0. The van der Waals surface area contributed by atoms with Crippen LogP contribution in [0.1, 0.15) is 80.2 Å². The van der Waals surface area contributed by atoms with Crippen molar-refractivity contribution in [1.82, 2.24) is 14.4 Å². The SMILES string of the molecule is CCC1(C)c2cccc3c4cc(C)ccc4n4c(-c5c(C)cccc5C)c[n+](c4c23)C1(CC)CCC1c2ccccc2N2c3cncnc3N(C)C12. The number of pyridine rings is 1. The molecule has 0 radical (unpaired) electrons. The lowest BCUT2D eigenvalue weighted by Gasteiger charge is -2.49. The Labute approximate surface area is 306 Å². The second-order valence-electron chi connectivity index (χ2n) is 16.0. The summed E-state index contributed by atoms with van der Waals surface area (Å²) in [5.74, 6) is 1.33. The van der Waals surface area contributed by atoms with Gasteiger partial charge in [0.05, 0.1) is 11.6 Å². The first-order valence-corrected chi connectivity index (χ1v) is 19.1. The molecule has 10 rings (SSSR count). The fourth-order valence-electron chi connectivity index (χ4n) is 11.2. The number of para-hydroxylation sites is 1. The molecule has 6 heteroatoms. The Hall–Kier alpha value is -5.23. The van der Waals surface area contributed by atoms with Crippen molar-refractivity contribution in [1.29, 1.82) is 0 Å². The van der Waals surface area contributed by atoms with Crippen LogP contribution in [-0.4, -0.2) is 27.6 Å². The monoisotopic (exact) mass is 683 g/mol. The van der Waals surface area contributed by atoms with Crippen LogP contribution >= 0.6 is 0 Å². The summed E-state index contributed by atoms with van der Waals surface area (Å²) >= 11 is 0. The third kappa shape index (κ3) is 3.77. The molecule has 4 unspecified atom stereocenters. The van der Waals surface area contributed by atoms with Crippen LogP contribution in [0.3, 0.4) is 0 Å². The Morgan fingerprint density at radius 1 is 0.846 bits per heavy atom. The minimum absolute atomic E-state index is 0.107. The predicted octanol–water partition coefficient (Wildman–Crippen LogP) is 10.2. The fraction of sp³-hybridized carbons (Fsp3) is 0.326. The van der Waals surface area contributed by atoms with E-state index < -0.39 is 0 Å². The van der Waals surface area contributed by atoms with Gasteiger partial charge in [0.2, 0.25) is 0 Å². The van der Waals surface area contributed by atoms with E-state index in [-0.39, 0.29) is 17.1 Å². The van der Waals surface area contributed by atoms with Crippen LogP contribution < -0.4 is 14.4 Å². The maximum Gasteiger partial charge on any atom is 0.296 e. The Morgan fingerprint density at radius 2 is 1.63 bits per heavy atom. The van der Waals surface area contributed by atoms with Gasteiger partial charge in [-0.3, -0.25) is 0 Å². The lowest BCUT2D eigenvalue weighted by molar-refractivity contribution is -0.755. The summed E-state index contributed by atoms with van der Waals surface area (Å²) in [4.78, 5) is 14.1. The average molecular weight is 684 g/mol. The minimum atomic E-state index is -0.173. The molecular weight excluding hydrogens is 637 g/mol. The molecule has 4 aromatic carbocycles. The number of fused-ring (bicyclic) bond motifs is 8. The number of rotatable bonds is 6. The second-order valence-corrected chi connectivity index (χ2v) is 16.0. The normalized spacial score (nSPS) is 22.9. The van der Waals surface area contributed by atoms with Crippen molar-refractivity contribution >= 4 is 44.5 Å². The molecule has 0 N–H and O–H groups in total. The zero-order valence-corrected chi connectivity index (χ0v) is 31.4. The number of nitrogens with zero attached hydrogens (tertiary/aromatic N) is 6. The molecule has 0 fully saturated rings. The summed E-state index contributed by atoms with van der Waals surface area (Å²) in [5, 5.41) is 4.10.